The lowest BCUT2D eigenvalue weighted by Crippen LogP contribution is -2.46. The normalized spacial score (nSPS) is 29.6. The lowest BCUT2D eigenvalue weighted by atomic mass is 9.63. The minimum absolute atomic E-state index is 0.0634. The second-order valence-electron chi connectivity index (χ2n) is 7.36. The number of fused-ring (bicyclic) bond motifs is 1. The van der Waals surface area contributed by atoms with E-state index in [0.29, 0.717) is 0 Å². The number of benzene rings is 1. The van der Waals surface area contributed by atoms with Crippen LogP contribution in [-0.4, -0.2) is 33.6 Å². The quantitative estimate of drug-likeness (QED) is 0.378. The van der Waals surface area contributed by atoms with Gasteiger partial charge in [0.15, 0.2) is 0 Å². The van der Waals surface area contributed by atoms with Gasteiger partial charge in [-0.3, -0.25) is 29.4 Å². The first-order valence-corrected chi connectivity index (χ1v) is 8.99. The van der Waals surface area contributed by atoms with Crippen molar-refractivity contribution < 1.29 is 19.3 Å². The van der Waals surface area contributed by atoms with Gasteiger partial charge in [0, 0.05) is 17.8 Å². The first-order valence-electron chi connectivity index (χ1n) is 8.99. The number of allylic oxidation sites excluding steroid dienone is 2. The van der Waals surface area contributed by atoms with Gasteiger partial charge in [0.1, 0.15) is 6.04 Å². The van der Waals surface area contributed by atoms with Crippen LogP contribution in [0.15, 0.2) is 36.4 Å². The summed E-state index contributed by atoms with van der Waals surface area (Å²) >= 11 is 0. The maximum Gasteiger partial charge on any atom is 0.271 e. The third kappa shape index (κ3) is 2.72. The summed E-state index contributed by atoms with van der Waals surface area (Å²) in [5.74, 6) is -1.72. The van der Waals surface area contributed by atoms with Crippen LogP contribution in [0.1, 0.15) is 19.8 Å². The SMILES string of the molecule is C[C@H](C(=O)Nc1cccc([N+](=O)[O-])c1)N1C(=O)[C@@H]2[C@@H](C1=O)[C@H]1C=C[C@H]2CC1. The van der Waals surface area contributed by atoms with Crippen LogP contribution in [0.3, 0.4) is 0 Å². The number of imide groups is 1. The molecule has 0 unspecified atom stereocenters. The lowest BCUT2D eigenvalue weighted by molar-refractivity contribution is -0.384. The van der Waals surface area contributed by atoms with Crippen molar-refractivity contribution in [1.82, 2.24) is 4.90 Å². The zero-order chi connectivity index (χ0) is 19.3. The highest BCUT2D eigenvalue weighted by atomic mass is 16.6. The Morgan fingerprint density at radius 1 is 1.19 bits per heavy atom. The molecule has 2 bridgehead atoms. The molecule has 3 aliphatic carbocycles. The minimum Gasteiger partial charge on any atom is -0.324 e. The summed E-state index contributed by atoms with van der Waals surface area (Å²) in [6.45, 7) is 1.51. The average molecular weight is 369 g/mol. The Morgan fingerprint density at radius 3 is 2.30 bits per heavy atom. The van der Waals surface area contributed by atoms with Gasteiger partial charge in [0.2, 0.25) is 17.7 Å². The minimum atomic E-state index is -0.978. The van der Waals surface area contributed by atoms with Crippen LogP contribution in [-0.2, 0) is 14.4 Å². The summed E-state index contributed by atoms with van der Waals surface area (Å²) in [4.78, 5) is 49.8. The van der Waals surface area contributed by atoms with Crippen LogP contribution in [0.25, 0.3) is 0 Å². The van der Waals surface area contributed by atoms with E-state index in [-0.39, 0.29) is 46.9 Å². The third-order valence-electron chi connectivity index (χ3n) is 5.88. The monoisotopic (exact) mass is 369 g/mol. The molecule has 1 aromatic carbocycles. The Balaban J connectivity index is 1.53. The summed E-state index contributed by atoms with van der Waals surface area (Å²) in [7, 11) is 0. The number of rotatable bonds is 4. The van der Waals surface area contributed by atoms with Crippen LogP contribution in [0.4, 0.5) is 11.4 Å². The molecule has 1 saturated heterocycles. The molecule has 1 aromatic rings. The first-order chi connectivity index (χ1) is 12.9. The molecule has 4 aliphatic rings. The molecule has 0 radical (unpaired) electrons. The Labute approximate surface area is 155 Å². The molecular formula is C19H19N3O5. The highest BCUT2D eigenvalue weighted by Crippen LogP contribution is 2.49. The van der Waals surface area contributed by atoms with E-state index in [4.69, 9.17) is 0 Å². The van der Waals surface area contributed by atoms with Crippen LogP contribution in [0.5, 0.6) is 0 Å². The number of hydrogen-bond donors (Lipinski definition) is 1. The standard InChI is InChI=1S/C19H19N3O5/c1-10(17(23)20-13-3-2-4-14(9-13)22(26)27)21-18(24)15-11-5-6-12(8-7-11)16(15)19(21)25/h2-6,9-12,15-16H,7-8H2,1H3,(H,20,23)/t10-,11+,12+,15+,16+/m1/s1. The molecule has 2 fully saturated rings. The van der Waals surface area contributed by atoms with Gasteiger partial charge in [-0.1, -0.05) is 18.2 Å². The van der Waals surface area contributed by atoms with Crippen molar-refractivity contribution in [3.05, 3.63) is 46.5 Å². The van der Waals surface area contributed by atoms with E-state index in [0.717, 1.165) is 17.7 Å². The average Bonchev–Trinajstić information content (AvgIpc) is 2.95. The van der Waals surface area contributed by atoms with E-state index in [9.17, 15) is 24.5 Å². The Bertz CT molecular complexity index is 848. The number of nitrogens with zero attached hydrogens (tertiary/aromatic N) is 2. The Morgan fingerprint density at radius 2 is 1.78 bits per heavy atom. The fourth-order valence-electron chi connectivity index (χ4n) is 4.54. The van der Waals surface area contributed by atoms with Gasteiger partial charge in [-0.2, -0.15) is 0 Å². The summed E-state index contributed by atoms with van der Waals surface area (Å²) in [6, 6.07) is 4.56. The maximum absolute atomic E-state index is 12.9. The zero-order valence-corrected chi connectivity index (χ0v) is 14.7. The fraction of sp³-hybridized carbons (Fsp3) is 0.421. The van der Waals surface area contributed by atoms with Crippen LogP contribution in [0.2, 0.25) is 0 Å². The number of likely N-dealkylation sites (tertiary alicyclic amines) is 1. The van der Waals surface area contributed by atoms with Crippen molar-refractivity contribution >= 4 is 29.1 Å². The van der Waals surface area contributed by atoms with Crippen LogP contribution < -0.4 is 5.32 Å². The van der Waals surface area contributed by atoms with E-state index >= 15 is 0 Å². The van der Waals surface area contributed by atoms with Gasteiger partial charge in [-0.15, -0.1) is 0 Å². The fourth-order valence-corrected chi connectivity index (χ4v) is 4.54. The van der Waals surface area contributed by atoms with E-state index in [1.165, 1.54) is 31.2 Å². The van der Waals surface area contributed by atoms with Crippen molar-refractivity contribution in [3.63, 3.8) is 0 Å². The van der Waals surface area contributed by atoms with Crippen LogP contribution in [0, 0.1) is 33.8 Å². The number of carbonyl (C=O) groups excluding carboxylic acids is 3. The summed E-state index contributed by atoms with van der Waals surface area (Å²) in [6.07, 6.45) is 5.84. The van der Waals surface area contributed by atoms with Gasteiger partial charge in [0.25, 0.3) is 5.69 Å². The molecule has 8 nitrogen and oxygen atoms in total. The smallest absolute Gasteiger partial charge is 0.271 e. The predicted octanol–water partition coefficient (Wildman–Crippen LogP) is 2.12. The van der Waals surface area contributed by atoms with Gasteiger partial charge in [-0.25, -0.2) is 0 Å². The molecule has 3 amide bonds. The molecule has 5 rings (SSSR count). The van der Waals surface area contributed by atoms with Gasteiger partial charge >= 0.3 is 0 Å². The summed E-state index contributed by atoms with van der Waals surface area (Å²) in [5.41, 5.74) is 0.0988. The largest absolute Gasteiger partial charge is 0.324 e. The molecule has 1 aliphatic heterocycles. The van der Waals surface area contributed by atoms with Crippen molar-refractivity contribution in [2.24, 2.45) is 23.7 Å². The van der Waals surface area contributed by atoms with Crippen molar-refractivity contribution in [3.8, 4) is 0 Å². The highest BCUT2D eigenvalue weighted by molar-refractivity contribution is 6.10. The number of nitro benzene ring substituents is 1. The number of non-ortho nitro benzene ring substituents is 1. The number of hydrogen-bond acceptors (Lipinski definition) is 5. The maximum atomic E-state index is 12.9. The van der Waals surface area contributed by atoms with E-state index in [1.54, 1.807) is 0 Å². The number of nitrogens with one attached hydrogen (secondary N) is 1. The first kappa shape index (κ1) is 17.4. The molecule has 1 heterocycles. The lowest BCUT2D eigenvalue weighted by Gasteiger charge is -2.38. The second-order valence-corrected chi connectivity index (χ2v) is 7.36. The van der Waals surface area contributed by atoms with E-state index in [2.05, 4.69) is 5.32 Å². The number of anilines is 1. The summed E-state index contributed by atoms with van der Waals surface area (Å²) < 4.78 is 0. The van der Waals surface area contributed by atoms with Crippen molar-refractivity contribution in [1.29, 1.82) is 0 Å². The van der Waals surface area contributed by atoms with E-state index in [1.807, 2.05) is 12.2 Å². The molecule has 27 heavy (non-hydrogen) atoms. The topological polar surface area (TPSA) is 110 Å². The molecule has 5 atom stereocenters. The Hall–Kier alpha value is -3.03. The highest BCUT2D eigenvalue weighted by Gasteiger charge is 2.58. The number of amides is 3. The van der Waals surface area contributed by atoms with Gasteiger partial charge in [-0.05, 0) is 37.7 Å². The number of nitro groups is 1. The van der Waals surface area contributed by atoms with Crippen molar-refractivity contribution in [2.45, 2.75) is 25.8 Å². The summed E-state index contributed by atoms with van der Waals surface area (Å²) in [5, 5.41) is 13.4. The number of carbonyl (C=O) groups is 3. The van der Waals surface area contributed by atoms with Gasteiger partial charge in [0.05, 0.1) is 16.8 Å². The zero-order valence-electron chi connectivity index (χ0n) is 14.7. The van der Waals surface area contributed by atoms with E-state index < -0.39 is 16.9 Å². The van der Waals surface area contributed by atoms with Crippen molar-refractivity contribution in [2.75, 3.05) is 5.32 Å². The molecular weight excluding hydrogens is 350 g/mol. The third-order valence-corrected chi connectivity index (χ3v) is 5.88. The molecule has 0 aromatic heterocycles. The van der Waals surface area contributed by atoms with Gasteiger partial charge < -0.3 is 5.32 Å². The molecule has 0 spiro atoms. The second kappa shape index (κ2) is 6.29. The Kier molecular flexibility index (Phi) is 4.05. The molecule has 1 N–H and O–H groups in total. The molecule has 1 saturated carbocycles. The predicted molar refractivity (Wildman–Crippen MR) is 95.4 cm³/mol. The van der Waals surface area contributed by atoms with Crippen LogP contribution >= 0.6 is 0 Å². The molecule has 140 valence electrons. The molecule has 8 heteroatoms.